The summed E-state index contributed by atoms with van der Waals surface area (Å²) in [5.41, 5.74) is 6.66. The molecule has 5 heteroatoms. The molecule has 3 N–H and O–H groups in total. The Bertz CT molecular complexity index is 434. The van der Waals surface area contributed by atoms with Crippen LogP contribution in [0.3, 0.4) is 0 Å². The average molecular weight is 249 g/mol. The Morgan fingerprint density at radius 2 is 2.33 bits per heavy atom. The lowest BCUT2D eigenvalue weighted by Crippen LogP contribution is -2.36. The summed E-state index contributed by atoms with van der Waals surface area (Å²) in [6.07, 6.45) is 1.50. The van der Waals surface area contributed by atoms with Crippen LogP contribution < -0.4 is 15.4 Å². The van der Waals surface area contributed by atoms with Crippen molar-refractivity contribution in [2.45, 2.75) is 25.8 Å². The number of rotatable bonds is 3. The summed E-state index contributed by atoms with van der Waals surface area (Å²) in [6, 6.07) is 8.16. The van der Waals surface area contributed by atoms with Crippen LogP contribution in [-0.2, 0) is 0 Å². The second-order valence-electron chi connectivity index (χ2n) is 4.51. The van der Waals surface area contributed by atoms with Crippen molar-refractivity contribution >= 4 is 11.5 Å². The van der Waals surface area contributed by atoms with Crippen LogP contribution in [0.1, 0.15) is 19.8 Å². The summed E-state index contributed by atoms with van der Waals surface area (Å²) in [6.45, 7) is 3.71. The van der Waals surface area contributed by atoms with Crippen LogP contribution in [0.15, 0.2) is 29.4 Å². The minimum Gasteiger partial charge on any atom is -0.491 e. The number of amidine groups is 1. The molecular weight excluding hydrogens is 230 g/mol. The Kier molecular flexibility index (Phi) is 3.92. The molecule has 0 spiro atoms. The number of para-hydroxylation sites is 2. The zero-order chi connectivity index (χ0) is 13.0. The molecule has 1 atom stereocenters. The Morgan fingerprint density at radius 3 is 3.11 bits per heavy atom. The standard InChI is InChI=1S/C13H19N3O2/c1-10(9-13(14)15-17)16-7-4-8-18-12-6-3-2-5-11(12)16/h2-3,5-6,10,17H,4,7-9H2,1H3,(H2,14,15). The molecule has 1 unspecified atom stereocenters. The molecule has 1 heterocycles. The Morgan fingerprint density at radius 1 is 1.56 bits per heavy atom. The summed E-state index contributed by atoms with van der Waals surface area (Å²) < 4.78 is 5.71. The molecule has 0 fully saturated rings. The van der Waals surface area contributed by atoms with Gasteiger partial charge < -0.3 is 20.6 Å². The van der Waals surface area contributed by atoms with Gasteiger partial charge in [0.25, 0.3) is 0 Å². The molecule has 1 aromatic carbocycles. The number of nitrogens with two attached hydrogens (primary N) is 1. The lowest BCUT2D eigenvalue weighted by molar-refractivity contribution is 0.316. The van der Waals surface area contributed by atoms with Crippen molar-refractivity contribution < 1.29 is 9.94 Å². The third-order valence-corrected chi connectivity index (χ3v) is 3.14. The fourth-order valence-corrected chi connectivity index (χ4v) is 2.27. The second-order valence-corrected chi connectivity index (χ2v) is 4.51. The topological polar surface area (TPSA) is 71.1 Å². The molecule has 0 aliphatic carbocycles. The minimum absolute atomic E-state index is 0.170. The molecule has 1 aromatic rings. The van der Waals surface area contributed by atoms with Gasteiger partial charge in [-0.15, -0.1) is 0 Å². The van der Waals surface area contributed by atoms with E-state index in [4.69, 9.17) is 15.7 Å². The average Bonchev–Trinajstić information content (AvgIpc) is 2.60. The van der Waals surface area contributed by atoms with Crippen LogP contribution in [0.25, 0.3) is 0 Å². The van der Waals surface area contributed by atoms with Crippen molar-refractivity contribution in [3.63, 3.8) is 0 Å². The zero-order valence-electron chi connectivity index (χ0n) is 10.5. The number of hydrogen-bond acceptors (Lipinski definition) is 4. The van der Waals surface area contributed by atoms with E-state index in [1.807, 2.05) is 24.3 Å². The molecule has 18 heavy (non-hydrogen) atoms. The molecule has 5 nitrogen and oxygen atoms in total. The van der Waals surface area contributed by atoms with Gasteiger partial charge in [0.05, 0.1) is 12.3 Å². The van der Waals surface area contributed by atoms with Crippen molar-refractivity contribution in [2.24, 2.45) is 10.9 Å². The van der Waals surface area contributed by atoms with Gasteiger partial charge >= 0.3 is 0 Å². The first-order valence-corrected chi connectivity index (χ1v) is 6.17. The van der Waals surface area contributed by atoms with E-state index >= 15 is 0 Å². The number of benzene rings is 1. The molecule has 1 aliphatic heterocycles. The first-order valence-electron chi connectivity index (χ1n) is 6.17. The van der Waals surface area contributed by atoms with Gasteiger partial charge in [0.1, 0.15) is 11.6 Å². The molecule has 0 saturated heterocycles. The molecular formula is C13H19N3O2. The summed E-state index contributed by atoms with van der Waals surface area (Å²) in [7, 11) is 0. The smallest absolute Gasteiger partial charge is 0.142 e. The molecule has 0 saturated carbocycles. The molecule has 0 aromatic heterocycles. The summed E-state index contributed by atoms with van der Waals surface area (Å²) in [5.74, 6) is 1.16. The second kappa shape index (κ2) is 5.62. The Hall–Kier alpha value is -1.91. The lowest BCUT2D eigenvalue weighted by atomic mass is 10.1. The summed E-state index contributed by atoms with van der Waals surface area (Å²) in [5, 5.41) is 11.7. The third kappa shape index (κ3) is 2.67. The van der Waals surface area contributed by atoms with Crippen LogP contribution in [0, 0.1) is 0 Å². The maximum atomic E-state index is 8.65. The number of anilines is 1. The largest absolute Gasteiger partial charge is 0.491 e. The number of hydrogen-bond donors (Lipinski definition) is 2. The highest BCUT2D eigenvalue weighted by Gasteiger charge is 2.21. The third-order valence-electron chi connectivity index (χ3n) is 3.14. The van der Waals surface area contributed by atoms with E-state index in [-0.39, 0.29) is 11.9 Å². The molecule has 0 bridgehead atoms. The van der Waals surface area contributed by atoms with Crippen LogP contribution in [-0.4, -0.2) is 30.2 Å². The van der Waals surface area contributed by atoms with Gasteiger partial charge in [0.15, 0.2) is 0 Å². The molecule has 2 rings (SSSR count). The van der Waals surface area contributed by atoms with Crippen molar-refractivity contribution in [2.75, 3.05) is 18.1 Å². The van der Waals surface area contributed by atoms with Crippen LogP contribution in [0.4, 0.5) is 5.69 Å². The van der Waals surface area contributed by atoms with E-state index in [0.717, 1.165) is 31.0 Å². The van der Waals surface area contributed by atoms with Crippen LogP contribution in [0.5, 0.6) is 5.75 Å². The monoisotopic (exact) mass is 249 g/mol. The van der Waals surface area contributed by atoms with Gasteiger partial charge in [0, 0.05) is 19.0 Å². The van der Waals surface area contributed by atoms with Crippen molar-refractivity contribution in [1.82, 2.24) is 0 Å². The van der Waals surface area contributed by atoms with Gasteiger partial charge in [-0.25, -0.2) is 0 Å². The normalized spacial score (nSPS) is 17.6. The van der Waals surface area contributed by atoms with E-state index in [0.29, 0.717) is 6.42 Å². The maximum absolute atomic E-state index is 8.65. The number of nitrogens with zero attached hydrogens (tertiary/aromatic N) is 2. The predicted molar refractivity (Wildman–Crippen MR) is 71.4 cm³/mol. The van der Waals surface area contributed by atoms with E-state index in [1.54, 1.807) is 0 Å². The predicted octanol–water partition coefficient (Wildman–Crippen LogP) is 1.80. The van der Waals surface area contributed by atoms with Crippen LogP contribution >= 0.6 is 0 Å². The molecule has 0 radical (unpaired) electrons. The van der Waals surface area contributed by atoms with Gasteiger partial charge in [-0.2, -0.15) is 0 Å². The fourth-order valence-electron chi connectivity index (χ4n) is 2.27. The van der Waals surface area contributed by atoms with Crippen molar-refractivity contribution in [3.05, 3.63) is 24.3 Å². The summed E-state index contributed by atoms with van der Waals surface area (Å²) >= 11 is 0. The highest BCUT2D eigenvalue weighted by atomic mass is 16.5. The minimum atomic E-state index is 0.170. The van der Waals surface area contributed by atoms with Gasteiger partial charge in [-0.05, 0) is 25.5 Å². The SMILES string of the molecule is CC(C/C(N)=N/O)N1CCCOc2ccccc21. The number of ether oxygens (including phenoxy) is 1. The highest BCUT2D eigenvalue weighted by Crippen LogP contribution is 2.32. The molecule has 1 aliphatic rings. The van der Waals surface area contributed by atoms with Crippen LogP contribution in [0.2, 0.25) is 0 Å². The first-order chi connectivity index (χ1) is 8.72. The van der Waals surface area contributed by atoms with Gasteiger partial charge in [-0.1, -0.05) is 17.3 Å². The molecule has 98 valence electrons. The van der Waals surface area contributed by atoms with E-state index in [1.165, 1.54) is 0 Å². The van der Waals surface area contributed by atoms with Crippen molar-refractivity contribution in [1.29, 1.82) is 0 Å². The fraction of sp³-hybridized carbons (Fsp3) is 0.462. The lowest BCUT2D eigenvalue weighted by Gasteiger charge is -2.30. The summed E-state index contributed by atoms with van der Waals surface area (Å²) in [4.78, 5) is 2.25. The quantitative estimate of drug-likeness (QED) is 0.371. The molecule has 0 amide bonds. The highest BCUT2D eigenvalue weighted by molar-refractivity contribution is 5.80. The van der Waals surface area contributed by atoms with E-state index in [2.05, 4.69) is 17.0 Å². The van der Waals surface area contributed by atoms with Crippen molar-refractivity contribution in [3.8, 4) is 5.75 Å². The number of fused-ring (bicyclic) bond motifs is 1. The Labute approximate surface area is 107 Å². The van der Waals surface area contributed by atoms with E-state index < -0.39 is 0 Å². The Balaban J connectivity index is 2.22. The van der Waals surface area contributed by atoms with Gasteiger partial charge in [-0.3, -0.25) is 0 Å². The number of oxime groups is 1. The maximum Gasteiger partial charge on any atom is 0.142 e. The van der Waals surface area contributed by atoms with E-state index in [9.17, 15) is 0 Å². The van der Waals surface area contributed by atoms with Gasteiger partial charge in [0.2, 0.25) is 0 Å². The zero-order valence-corrected chi connectivity index (χ0v) is 10.5. The first kappa shape index (κ1) is 12.5.